The van der Waals surface area contributed by atoms with E-state index in [1.54, 1.807) is 0 Å². The van der Waals surface area contributed by atoms with E-state index in [4.69, 9.17) is 0 Å². The molecule has 1 aromatic carbocycles. The summed E-state index contributed by atoms with van der Waals surface area (Å²) in [6.07, 6.45) is 5.42. The quantitative estimate of drug-likeness (QED) is 0.846. The molecule has 1 aliphatic rings. The van der Waals surface area contributed by atoms with Crippen molar-refractivity contribution in [2.24, 2.45) is 0 Å². The lowest BCUT2D eigenvalue weighted by molar-refractivity contribution is 0.277. The fraction of sp³-hybridized carbons (Fsp3) is 0.600. The van der Waals surface area contributed by atoms with E-state index in [0.29, 0.717) is 5.75 Å². The maximum Gasteiger partial charge on any atom is 0.121 e. The molecule has 0 aliphatic carbocycles. The smallest absolute Gasteiger partial charge is 0.121 e. The van der Waals surface area contributed by atoms with Gasteiger partial charge in [0, 0.05) is 6.54 Å². The third kappa shape index (κ3) is 3.22. The molecule has 1 aromatic rings. The predicted octanol–water partition coefficient (Wildman–Crippen LogP) is 3.39. The van der Waals surface area contributed by atoms with Crippen LogP contribution in [0.25, 0.3) is 0 Å². The molecule has 0 unspecified atom stereocenters. The molecule has 2 heteroatoms. The molecule has 1 aliphatic heterocycles. The lowest BCUT2D eigenvalue weighted by atomic mass is 10.1. The highest BCUT2D eigenvalue weighted by atomic mass is 16.3. The Morgan fingerprint density at radius 1 is 1.00 bits per heavy atom. The van der Waals surface area contributed by atoms with Crippen LogP contribution >= 0.6 is 0 Å². The maximum atomic E-state index is 9.77. The Labute approximate surface area is 104 Å². The molecule has 0 bridgehead atoms. The van der Waals surface area contributed by atoms with E-state index in [0.717, 1.165) is 17.7 Å². The van der Waals surface area contributed by atoms with Gasteiger partial charge in [0.05, 0.1) is 0 Å². The maximum absolute atomic E-state index is 9.77. The summed E-state index contributed by atoms with van der Waals surface area (Å²) in [5, 5.41) is 9.77. The van der Waals surface area contributed by atoms with Crippen molar-refractivity contribution in [2.45, 2.75) is 46.1 Å². The number of benzene rings is 1. The molecule has 0 aromatic heterocycles. The van der Waals surface area contributed by atoms with Gasteiger partial charge in [-0.2, -0.15) is 0 Å². The van der Waals surface area contributed by atoms with Crippen molar-refractivity contribution < 1.29 is 5.11 Å². The highest BCUT2D eigenvalue weighted by molar-refractivity contribution is 5.42. The van der Waals surface area contributed by atoms with E-state index < -0.39 is 0 Å². The van der Waals surface area contributed by atoms with Gasteiger partial charge in [-0.1, -0.05) is 25.0 Å². The first kappa shape index (κ1) is 12.4. The minimum absolute atomic E-state index is 0.449. The minimum atomic E-state index is 0.449. The fourth-order valence-electron chi connectivity index (χ4n) is 2.69. The third-order valence-electron chi connectivity index (χ3n) is 3.66. The predicted molar refractivity (Wildman–Crippen MR) is 71.3 cm³/mol. The second kappa shape index (κ2) is 5.54. The van der Waals surface area contributed by atoms with Gasteiger partial charge >= 0.3 is 0 Å². The van der Waals surface area contributed by atoms with Gasteiger partial charge < -0.3 is 5.11 Å². The van der Waals surface area contributed by atoms with Gasteiger partial charge in [0.15, 0.2) is 0 Å². The van der Waals surface area contributed by atoms with Gasteiger partial charge in [-0.05, 0) is 56.5 Å². The summed E-state index contributed by atoms with van der Waals surface area (Å²) in [6, 6.07) is 4.24. The number of likely N-dealkylation sites (tertiary alicyclic amines) is 1. The molecule has 1 heterocycles. The van der Waals surface area contributed by atoms with E-state index in [-0.39, 0.29) is 0 Å². The van der Waals surface area contributed by atoms with Crippen molar-refractivity contribution in [3.63, 3.8) is 0 Å². The molecule has 0 saturated carbocycles. The van der Waals surface area contributed by atoms with Crippen LogP contribution in [0.15, 0.2) is 12.1 Å². The van der Waals surface area contributed by atoms with E-state index >= 15 is 0 Å². The summed E-state index contributed by atoms with van der Waals surface area (Å²) in [6.45, 7) is 7.43. The summed E-state index contributed by atoms with van der Waals surface area (Å²) in [5.41, 5.74) is 3.32. The SMILES string of the molecule is Cc1cc(CN2CCCCCC2)cc(C)c1O. The molecule has 0 radical (unpaired) electrons. The second-order valence-electron chi connectivity index (χ2n) is 5.27. The first-order chi connectivity index (χ1) is 8.16. The number of hydrogen-bond acceptors (Lipinski definition) is 2. The van der Waals surface area contributed by atoms with Crippen molar-refractivity contribution in [1.29, 1.82) is 0 Å². The van der Waals surface area contributed by atoms with Crippen LogP contribution in [-0.2, 0) is 6.54 Å². The molecule has 2 nitrogen and oxygen atoms in total. The largest absolute Gasteiger partial charge is 0.507 e. The van der Waals surface area contributed by atoms with Gasteiger partial charge in [-0.3, -0.25) is 4.90 Å². The van der Waals surface area contributed by atoms with Crippen molar-refractivity contribution in [2.75, 3.05) is 13.1 Å². The Kier molecular flexibility index (Phi) is 4.06. The zero-order valence-corrected chi connectivity index (χ0v) is 11.0. The van der Waals surface area contributed by atoms with Crippen molar-refractivity contribution in [3.05, 3.63) is 28.8 Å². The van der Waals surface area contributed by atoms with E-state index in [9.17, 15) is 5.11 Å². The minimum Gasteiger partial charge on any atom is -0.507 e. The number of nitrogens with zero attached hydrogens (tertiary/aromatic N) is 1. The zero-order valence-electron chi connectivity index (χ0n) is 11.0. The lowest BCUT2D eigenvalue weighted by Crippen LogP contribution is -2.24. The Bertz CT molecular complexity index is 356. The first-order valence-electron chi connectivity index (χ1n) is 6.68. The van der Waals surface area contributed by atoms with Crippen molar-refractivity contribution >= 4 is 0 Å². The highest BCUT2D eigenvalue weighted by Crippen LogP contribution is 2.24. The standard InChI is InChI=1S/C15H23NO/c1-12-9-14(10-13(2)15(12)17)11-16-7-5-3-4-6-8-16/h9-10,17H,3-8,11H2,1-2H3. The van der Waals surface area contributed by atoms with E-state index in [1.165, 1.54) is 44.3 Å². The molecular formula is C15H23NO. The number of phenolic OH excluding ortho intramolecular Hbond substituents is 1. The molecule has 1 fully saturated rings. The number of aromatic hydroxyl groups is 1. The van der Waals surface area contributed by atoms with Gasteiger partial charge in [-0.25, -0.2) is 0 Å². The molecule has 1 N–H and O–H groups in total. The van der Waals surface area contributed by atoms with E-state index in [2.05, 4.69) is 17.0 Å². The van der Waals surface area contributed by atoms with Crippen LogP contribution in [-0.4, -0.2) is 23.1 Å². The van der Waals surface area contributed by atoms with Gasteiger partial charge in [-0.15, -0.1) is 0 Å². The molecule has 0 atom stereocenters. The molecule has 0 spiro atoms. The van der Waals surface area contributed by atoms with Crippen LogP contribution in [0.1, 0.15) is 42.4 Å². The summed E-state index contributed by atoms with van der Waals surface area (Å²) in [7, 11) is 0. The average Bonchev–Trinajstić information content (AvgIpc) is 2.54. The summed E-state index contributed by atoms with van der Waals surface area (Å²) in [4.78, 5) is 2.54. The van der Waals surface area contributed by atoms with Gasteiger partial charge in [0.2, 0.25) is 0 Å². The van der Waals surface area contributed by atoms with Gasteiger partial charge in [0.1, 0.15) is 5.75 Å². The molecule has 1 saturated heterocycles. The first-order valence-corrected chi connectivity index (χ1v) is 6.68. The fourth-order valence-corrected chi connectivity index (χ4v) is 2.69. The lowest BCUT2D eigenvalue weighted by Gasteiger charge is -2.20. The van der Waals surface area contributed by atoms with Crippen LogP contribution in [0, 0.1) is 13.8 Å². The van der Waals surface area contributed by atoms with Crippen LogP contribution in [0.5, 0.6) is 5.75 Å². The molecule has 94 valence electrons. The number of phenols is 1. The molecular weight excluding hydrogens is 210 g/mol. The normalized spacial score (nSPS) is 18.0. The molecule has 0 amide bonds. The Balaban J connectivity index is 2.07. The Morgan fingerprint density at radius 2 is 1.53 bits per heavy atom. The summed E-state index contributed by atoms with van der Waals surface area (Å²) >= 11 is 0. The Morgan fingerprint density at radius 3 is 2.06 bits per heavy atom. The second-order valence-corrected chi connectivity index (χ2v) is 5.27. The number of hydrogen-bond donors (Lipinski definition) is 1. The van der Waals surface area contributed by atoms with Crippen LogP contribution in [0.3, 0.4) is 0 Å². The topological polar surface area (TPSA) is 23.5 Å². The van der Waals surface area contributed by atoms with Crippen LogP contribution in [0.2, 0.25) is 0 Å². The van der Waals surface area contributed by atoms with Crippen molar-refractivity contribution in [3.8, 4) is 5.75 Å². The van der Waals surface area contributed by atoms with Crippen LogP contribution < -0.4 is 0 Å². The summed E-state index contributed by atoms with van der Waals surface area (Å²) in [5.74, 6) is 0.449. The Hall–Kier alpha value is -1.02. The average molecular weight is 233 g/mol. The monoisotopic (exact) mass is 233 g/mol. The van der Waals surface area contributed by atoms with Crippen molar-refractivity contribution in [1.82, 2.24) is 4.90 Å². The zero-order chi connectivity index (χ0) is 12.3. The summed E-state index contributed by atoms with van der Waals surface area (Å²) < 4.78 is 0. The van der Waals surface area contributed by atoms with E-state index in [1.807, 2.05) is 13.8 Å². The number of rotatable bonds is 2. The van der Waals surface area contributed by atoms with Gasteiger partial charge in [0.25, 0.3) is 0 Å². The van der Waals surface area contributed by atoms with Crippen LogP contribution in [0.4, 0.5) is 0 Å². The highest BCUT2D eigenvalue weighted by Gasteiger charge is 2.11. The number of aryl methyl sites for hydroxylation is 2. The molecule has 17 heavy (non-hydrogen) atoms. The third-order valence-corrected chi connectivity index (χ3v) is 3.66. The molecule has 2 rings (SSSR count).